The summed E-state index contributed by atoms with van der Waals surface area (Å²) in [6, 6.07) is 0. The first-order valence-corrected chi connectivity index (χ1v) is 4.76. The van der Waals surface area contributed by atoms with Gasteiger partial charge in [0.15, 0.2) is 0 Å². The monoisotopic (exact) mass is 388 g/mol. The van der Waals surface area contributed by atoms with E-state index in [1.54, 1.807) is 6.92 Å². The van der Waals surface area contributed by atoms with E-state index in [2.05, 4.69) is 0 Å². The minimum absolute atomic E-state index is 0.250. The molecule has 24 heavy (non-hydrogen) atoms. The van der Waals surface area contributed by atoms with Crippen LogP contribution in [0.3, 0.4) is 0 Å². The Morgan fingerprint density at radius 3 is 0.667 bits per heavy atom. The molecule has 0 aliphatic heterocycles. The highest BCUT2D eigenvalue weighted by Gasteiger charge is 2.39. The predicted octanol–water partition coefficient (Wildman–Crippen LogP) is 1.90. The summed E-state index contributed by atoms with van der Waals surface area (Å²) in [5.74, 6) is -8.27. The quantitative estimate of drug-likeness (QED) is 0.466. The van der Waals surface area contributed by atoms with Gasteiger partial charge >= 0.3 is 36.4 Å². The second-order valence-electron chi connectivity index (χ2n) is 2.72. The number of carboxylic acid groups (broad SMARTS) is 3. The average Bonchev–Trinajstić information content (AvgIpc) is 2.27. The molecule has 146 valence electrons. The van der Waals surface area contributed by atoms with Crippen molar-refractivity contribution in [2.75, 3.05) is 6.61 Å². The third-order valence-corrected chi connectivity index (χ3v) is 0.728. The second-order valence-corrected chi connectivity index (χ2v) is 2.72. The van der Waals surface area contributed by atoms with E-state index in [1.807, 2.05) is 0 Å². The molecule has 0 spiro atoms. The summed E-state index contributed by atoms with van der Waals surface area (Å²) in [6.07, 6.45) is -15.3. The Bertz CT molecular complexity index is 326. The standard InChI is InChI=1S/3C2HF3O2.C2H6O/c3*3-2(4,5)1(6)7;1-2-3/h3*(H,6,7);3H,2H2,1H3. The topological polar surface area (TPSA) is 132 Å². The molecule has 0 saturated carbocycles. The summed E-state index contributed by atoms with van der Waals surface area (Å²) in [6.45, 7) is 1.93. The fraction of sp³-hybridized carbons (Fsp3) is 0.625. The van der Waals surface area contributed by atoms with E-state index in [0.29, 0.717) is 0 Å². The maximum atomic E-state index is 10.6. The van der Waals surface area contributed by atoms with Gasteiger partial charge in [0.2, 0.25) is 0 Å². The lowest BCUT2D eigenvalue weighted by Gasteiger charge is -1.93. The molecule has 0 bridgehead atoms. The molecule has 7 nitrogen and oxygen atoms in total. The van der Waals surface area contributed by atoms with Crippen molar-refractivity contribution in [3.05, 3.63) is 0 Å². The largest absolute Gasteiger partial charge is 0.490 e. The van der Waals surface area contributed by atoms with Gasteiger partial charge in [-0.2, -0.15) is 39.5 Å². The predicted molar refractivity (Wildman–Crippen MR) is 53.8 cm³/mol. The van der Waals surface area contributed by atoms with E-state index in [9.17, 15) is 39.5 Å². The van der Waals surface area contributed by atoms with Crippen molar-refractivity contribution in [3.8, 4) is 0 Å². The van der Waals surface area contributed by atoms with E-state index < -0.39 is 36.4 Å². The van der Waals surface area contributed by atoms with Crippen molar-refractivity contribution >= 4 is 17.9 Å². The van der Waals surface area contributed by atoms with Gasteiger partial charge in [-0.25, -0.2) is 14.4 Å². The zero-order valence-corrected chi connectivity index (χ0v) is 11.1. The molecule has 0 unspecified atom stereocenters. The Morgan fingerprint density at radius 2 is 0.667 bits per heavy atom. The van der Waals surface area contributed by atoms with Crippen LogP contribution in [-0.4, -0.2) is 63.5 Å². The van der Waals surface area contributed by atoms with E-state index in [0.717, 1.165) is 0 Å². The molecule has 16 heteroatoms. The molecule has 0 aliphatic rings. The van der Waals surface area contributed by atoms with Gasteiger partial charge in [-0.05, 0) is 6.92 Å². The molecule has 0 amide bonds. The summed E-state index contributed by atoms with van der Waals surface area (Å²) in [4.78, 5) is 26.7. The Labute approximate surface area is 125 Å². The second kappa shape index (κ2) is 12.2. The molecule has 0 saturated heterocycles. The molecule has 4 N–H and O–H groups in total. The number of aliphatic hydroxyl groups is 1. The molecule has 0 atom stereocenters. The fourth-order valence-corrected chi connectivity index (χ4v) is 0. The number of rotatable bonds is 0. The number of carbonyl (C=O) groups is 3. The zero-order chi connectivity index (χ0) is 20.9. The van der Waals surface area contributed by atoms with Crippen LogP contribution < -0.4 is 0 Å². The maximum Gasteiger partial charge on any atom is 0.490 e. The molecule has 0 radical (unpaired) electrons. The van der Waals surface area contributed by atoms with Gasteiger partial charge in [0.1, 0.15) is 0 Å². The highest BCUT2D eigenvalue weighted by molar-refractivity contribution is 5.73. The molecule has 0 aromatic rings. The lowest BCUT2D eigenvalue weighted by molar-refractivity contribution is -0.193. The van der Waals surface area contributed by atoms with Gasteiger partial charge in [0, 0.05) is 6.61 Å². The number of carboxylic acids is 3. The van der Waals surface area contributed by atoms with E-state index >= 15 is 0 Å². The fourth-order valence-electron chi connectivity index (χ4n) is 0. The smallest absolute Gasteiger partial charge is 0.475 e. The van der Waals surface area contributed by atoms with Gasteiger partial charge in [-0.1, -0.05) is 0 Å². The highest BCUT2D eigenvalue weighted by Crippen LogP contribution is 2.14. The molecular weight excluding hydrogens is 379 g/mol. The van der Waals surface area contributed by atoms with E-state index in [4.69, 9.17) is 34.8 Å². The van der Waals surface area contributed by atoms with Crippen molar-refractivity contribution in [1.29, 1.82) is 0 Å². The summed E-state index contributed by atoms with van der Waals surface area (Å²) >= 11 is 0. The van der Waals surface area contributed by atoms with Crippen LogP contribution in [0.15, 0.2) is 0 Å². The SMILES string of the molecule is CCO.O=C(O)C(F)(F)F.O=C(O)C(F)(F)F.O=C(O)C(F)(F)F. The van der Waals surface area contributed by atoms with Crippen LogP contribution in [0.25, 0.3) is 0 Å². The molecular formula is C8H9F9O7. The van der Waals surface area contributed by atoms with Crippen molar-refractivity contribution in [2.24, 2.45) is 0 Å². The van der Waals surface area contributed by atoms with Crippen molar-refractivity contribution in [2.45, 2.75) is 25.5 Å². The first-order chi connectivity index (χ1) is 10.2. The van der Waals surface area contributed by atoms with Gasteiger partial charge in [0.25, 0.3) is 0 Å². The Balaban J connectivity index is -0.000000115. The molecule has 0 aromatic heterocycles. The number of aliphatic hydroxyl groups excluding tert-OH is 1. The normalized spacial score (nSPS) is 10.6. The first-order valence-electron chi connectivity index (χ1n) is 4.76. The van der Waals surface area contributed by atoms with Crippen LogP contribution in [0.4, 0.5) is 39.5 Å². The van der Waals surface area contributed by atoms with Crippen molar-refractivity contribution in [3.63, 3.8) is 0 Å². The third kappa shape index (κ3) is 28.0. The maximum absolute atomic E-state index is 10.6. The minimum atomic E-state index is -5.08. The number of alkyl halides is 9. The van der Waals surface area contributed by atoms with Crippen LogP contribution in [0.1, 0.15) is 6.92 Å². The first kappa shape index (κ1) is 29.7. The Kier molecular flexibility index (Phi) is 15.1. The van der Waals surface area contributed by atoms with E-state index in [1.165, 1.54) is 0 Å². The van der Waals surface area contributed by atoms with Crippen LogP contribution >= 0.6 is 0 Å². The van der Waals surface area contributed by atoms with Crippen molar-refractivity contribution in [1.82, 2.24) is 0 Å². The van der Waals surface area contributed by atoms with Gasteiger partial charge in [-0.3, -0.25) is 0 Å². The Morgan fingerprint density at radius 1 is 0.625 bits per heavy atom. The summed E-state index contributed by atoms with van der Waals surface area (Å²) in [5, 5.41) is 28.9. The highest BCUT2D eigenvalue weighted by atomic mass is 19.4. The number of aliphatic carboxylic acids is 3. The van der Waals surface area contributed by atoms with E-state index in [-0.39, 0.29) is 6.61 Å². The molecule has 0 rings (SSSR count). The molecule has 0 aromatic carbocycles. The van der Waals surface area contributed by atoms with Crippen LogP contribution in [0, 0.1) is 0 Å². The minimum Gasteiger partial charge on any atom is -0.475 e. The van der Waals surface area contributed by atoms with Crippen LogP contribution in [0.5, 0.6) is 0 Å². The Hall–Kier alpha value is -2.26. The lowest BCUT2D eigenvalue weighted by atomic mass is 10.7. The summed E-state index contributed by atoms with van der Waals surface area (Å²) < 4.78 is 95.2. The average molecular weight is 388 g/mol. The molecule has 0 heterocycles. The number of halogens is 9. The number of hydrogen-bond donors (Lipinski definition) is 4. The summed E-state index contributed by atoms with van der Waals surface area (Å²) in [5.41, 5.74) is 0. The third-order valence-electron chi connectivity index (χ3n) is 0.728. The van der Waals surface area contributed by atoms with Gasteiger partial charge < -0.3 is 20.4 Å². The zero-order valence-electron chi connectivity index (χ0n) is 11.1. The van der Waals surface area contributed by atoms with Gasteiger partial charge in [-0.15, -0.1) is 0 Å². The summed E-state index contributed by atoms with van der Waals surface area (Å²) in [7, 11) is 0. The molecule has 0 aliphatic carbocycles. The number of hydrogen-bond acceptors (Lipinski definition) is 4. The molecule has 0 fully saturated rings. The lowest BCUT2D eigenvalue weighted by Crippen LogP contribution is -2.21. The van der Waals surface area contributed by atoms with Crippen LogP contribution in [0.2, 0.25) is 0 Å². The van der Waals surface area contributed by atoms with Crippen molar-refractivity contribution < 1.29 is 74.3 Å². The van der Waals surface area contributed by atoms with Gasteiger partial charge in [0.05, 0.1) is 0 Å². The van der Waals surface area contributed by atoms with Crippen LogP contribution in [-0.2, 0) is 14.4 Å².